The molecule has 11 heteroatoms. The van der Waals surface area contributed by atoms with Crippen LogP contribution in [0.2, 0.25) is 5.02 Å². The summed E-state index contributed by atoms with van der Waals surface area (Å²) >= 11 is 5.93. The van der Waals surface area contributed by atoms with E-state index in [0.29, 0.717) is 60.3 Å². The van der Waals surface area contributed by atoms with Gasteiger partial charge in [-0.2, -0.15) is 0 Å². The minimum atomic E-state index is -0.594. The molecule has 0 bridgehead atoms. The number of rotatable bonds is 6. The zero-order valence-corrected chi connectivity index (χ0v) is 24.1. The summed E-state index contributed by atoms with van der Waals surface area (Å²) in [6, 6.07) is 8.18. The lowest BCUT2D eigenvalue weighted by atomic mass is 9.81. The van der Waals surface area contributed by atoms with Crippen molar-refractivity contribution in [2.45, 2.75) is 51.4 Å². The average Bonchev–Trinajstić information content (AvgIpc) is 3.80. The van der Waals surface area contributed by atoms with Crippen molar-refractivity contribution in [3.63, 3.8) is 0 Å². The van der Waals surface area contributed by atoms with Gasteiger partial charge in [0.2, 0.25) is 17.6 Å². The number of nitrogens with one attached hydrogen (secondary N) is 2. The van der Waals surface area contributed by atoms with E-state index in [4.69, 9.17) is 16.0 Å². The Bertz CT molecular complexity index is 1500. The molecule has 2 N–H and O–H groups in total. The molecule has 3 fully saturated rings. The Kier molecular flexibility index (Phi) is 8.15. The van der Waals surface area contributed by atoms with Crippen molar-refractivity contribution in [3.05, 3.63) is 52.9 Å². The normalized spacial score (nSPS) is 20.6. The molecular formula is C31H34ClN5O5. The lowest BCUT2D eigenvalue weighted by Crippen LogP contribution is -2.37. The Labute approximate surface area is 248 Å². The molecule has 4 heterocycles. The smallest absolute Gasteiger partial charge is 0.294 e. The van der Waals surface area contributed by atoms with Crippen molar-refractivity contribution in [1.82, 2.24) is 14.8 Å². The molecule has 0 radical (unpaired) electrons. The van der Waals surface area contributed by atoms with Gasteiger partial charge >= 0.3 is 0 Å². The van der Waals surface area contributed by atoms with Gasteiger partial charge in [-0.1, -0.05) is 11.6 Å². The van der Waals surface area contributed by atoms with Gasteiger partial charge in [0, 0.05) is 55.2 Å². The maximum atomic E-state index is 13.6. The van der Waals surface area contributed by atoms with Gasteiger partial charge in [-0.3, -0.25) is 19.2 Å². The largest absolute Gasteiger partial charge is 0.449 e. The van der Waals surface area contributed by atoms with Crippen LogP contribution in [0.15, 0.2) is 40.9 Å². The SMILES string of the molecule is O=C(Nc1ccc(Cl)cn1)c1oc2ccc(C(=O)N3CCCC3)cc2c1NC(=O)C1CCC(C(=O)N2CCCC2)CC1. The minimum Gasteiger partial charge on any atom is -0.449 e. The van der Waals surface area contributed by atoms with E-state index in [1.165, 1.54) is 6.20 Å². The van der Waals surface area contributed by atoms with Gasteiger partial charge in [0.05, 0.1) is 5.02 Å². The fourth-order valence-electron chi connectivity index (χ4n) is 6.26. The Hall–Kier alpha value is -3.92. The zero-order valence-electron chi connectivity index (χ0n) is 23.4. The molecule has 220 valence electrons. The minimum absolute atomic E-state index is 0.0470. The molecule has 2 aliphatic heterocycles. The molecule has 6 rings (SSSR count). The summed E-state index contributed by atoms with van der Waals surface area (Å²) in [6.07, 6.45) is 7.94. The molecule has 4 amide bonds. The van der Waals surface area contributed by atoms with E-state index in [1.807, 2.05) is 4.90 Å². The molecule has 3 aromatic rings. The number of carbonyl (C=O) groups excluding carboxylic acids is 4. The van der Waals surface area contributed by atoms with Gasteiger partial charge in [0.15, 0.2) is 0 Å². The number of hydrogen-bond acceptors (Lipinski definition) is 6. The topological polar surface area (TPSA) is 125 Å². The maximum absolute atomic E-state index is 13.6. The highest BCUT2D eigenvalue weighted by atomic mass is 35.5. The maximum Gasteiger partial charge on any atom is 0.294 e. The van der Waals surface area contributed by atoms with Crippen LogP contribution in [0.25, 0.3) is 11.0 Å². The van der Waals surface area contributed by atoms with Crippen LogP contribution < -0.4 is 10.6 Å². The van der Waals surface area contributed by atoms with Crippen LogP contribution in [0.5, 0.6) is 0 Å². The number of amides is 4. The van der Waals surface area contributed by atoms with Crippen molar-refractivity contribution in [3.8, 4) is 0 Å². The fourth-order valence-corrected chi connectivity index (χ4v) is 6.38. The van der Waals surface area contributed by atoms with E-state index in [2.05, 4.69) is 15.6 Å². The van der Waals surface area contributed by atoms with Gasteiger partial charge < -0.3 is 24.9 Å². The number of nitrogens with zero attached hydrogens (tertiary/aromatic N) is 3. The third-order valence-electron chi connectivity index (χ3n) is 8.62. The van der Waals surface area contributed by atoms with Crippen LogP contribution in [0.4, 0.5) is 11.5 Å². The first kappa shape index (κ1) is 28.2. The number of halogens is 1. The number of hydrogen-bond donors (Lipinski definition) is 2. The van der Waals surface area contributed by atoms with Crippen LogP contribution in [0, 0.1) is 11.8 Å². The Morgan fingerprint density at radius 2 is 1.50 bits per heavy atom. The molecule has 1 aromatic carbocycles. The molecule has 2 saturated heterocycles. The molecular weight excluding hydrogens is 558 g/mol. The molecule has 0 atom stereocenters. The molecule has 1 aliphatic carbocycles. The van der Waals surface area contributed by atoms with Gasteiger partial charge in [-0.25, -0.2) is 4.98 Å². The highest BCUT2D eigenvalue weighted by molar-refractivity contribution is 6.30. The number of fused-ring (bicyclic) bond motifs is 1. The van der Waals surface area contributed by atoms with E-state index in [1.54, 1.807) is 35.2 Å². The molecule has 10 nitrogen and oxygen atoms in total. The molecule has 2 aromatic heterocycles. The summed E-state index contributed by atoms with van der Waals surface area (Å²) < 4.78 is 5.96. The van der Waals surface area contributed by atoms with Gasteiger partial charge in [0.1, 0.15) is 17.1 Å². The quantitative estimate of drug-likeness (QED) is 0.399. The van der Waals surface area contributed by atoms with Crippen LogP contribution in [0.3, 0.4) is 0 Å². The van der Waals surface area contributed by atoms with Crippen LogP contribution in [-0.4, -0.2) is 64.6 Å². The molecule has 42 heavy (non-hydrogen) atoms. The standard InChI is InChI=1S/C31H34ClN5O5/c32-22-10-12-25(33-18-22)34-29(39)27-26(23-17-21(9-11-24(23)42-27)31(41)37-15-3-4-16-37)35-28(38)19-5-7-20(8-6-19)30(40)36-13-1-2-14-36/h9-12,17-20H,1-8,13-16H2,(H,35,38)(H,33,34,39). The van der Waals surface area contributed by atoms with E-state index in [9.17, 15) is 19.2 Å². The van der Waals surface area contributed by atoms with Crippen molar-refractivity contribution < 1.29 is 23.6 Å². The number of furan rings is 1. The summed E-state index contributed by atoms with van der Waals surface area (Å²) in [5.41, 5.74) is 1.05. The van der Waals surface area contributed by atoms with E-state index in [-0.39, 0.29) is 46.8 Å². The van der Waals surface area contributed by atoms with Gasteiger partial charge in [-0.15, -0.1) is 0 Å². The van der Waals surface area contributed by atoms with E-state index < -0.39 is 5.91 Å². The molecule has 3 aliphatic rings. The third-order valence-corrected chi connectivity index (χ3v) is 8.84. The first-order valence-electron chi connectivity index (χ1n) is 14.8. The number of anilines is 2. The van der Waals surface area contributed by atoms with Crippen LogP contribution in [0.1, 0.15) is 72.3 Å². The van der Waals surface area contributed by atoms with Crippen molar-refractivity contribution in [2.24, 2.45) is 11.8 Å². The van der Waals surface area contributed by atoms with Crippen LogP contribution in [-0.2, 0) is 9.59 Å². The first-order chi connectivity index (χ1) is 20.4. The number of pyridine rings is 1. The Morgan fingerprint density at radius 3 is 2.17 bits per heavy atom. The average molecular weight is 592 g/mol. The summed E-state index contributed by atoms with van der Waals surface area (Å²) in [5.74, 6) is -0.882. The predicted molar refractivity (Wildman–Crippen MR) is 158 cm³/mol. The van der Waals surface area contributed by atoms with Crippen molar-refractivity contribution in [2.75, 3.05) is 36.8 Å². The second kappa shape index (κ2) is 12.1. The lowest BCUT2D eigenvalue weighted by molar-refractivity contribution is -0.136. The second-order valence-electron chi connectivity index (χ2n) is 11.4. The van der Waals surface area contributed by atoms with Gasteiger partial charge in [0.25, 0.3) is 11.8 Å². The number of likely N-dealkylation sites (tertiary alicyclic amines) is 2. The summed E-state index contributed by atoms with van der Waals surface area (Å²) in [6.45, 7) is 3.06. The number of aromatic nitrogens is 1. The van der Waals surface area contributed by atoms with Crippen molar-refractivity contribution >= 4 is 57.7 Å². The molecule has 0 spiro atoms. The predicted octanol–water partition coefficient (Wildman–Crippen LogP) is 5.34. The van der Waals surface area contributed by atoms with Gasteiger partial charge in [-0.05, 0) is 81.7 Å². The third kappa shape index (κ3) is 5.86. The monoisotopic (exact) mass is 591 g/mol. The second-order valence-corrected chi connectivity index (χ2v) is 11.8. The number of benzene rings is 1. The Balaban J connectivity index is 1.24. The highest BCUT2D eigenvalue weighted by Gasteiger charge is 2.34. The highest BCUT2D eigenvalue weighted by Crippen LogP contribution is 2.36. The summed E-state index contributed by atoms with van der Waals surface area (Å²) in [5, 5.41) is 6.55. The van der Waals surface area contributed by atoms with Crippen LogP contribution >= 0.6 is 11.6 Å². The molecule has 1 saturated carbocycles. The lowest BCUT2D eigenvalue weighted by Gasteiger charge is -2.29. The number of carbonyl (C=O) groups is 4. The first-order valence-corrected chi connectivity index (χ1v) is 15.1. The summed E-state index contributed by atoms with van der Waals surface area (Å²) in [4.78, 5) is 60.8. The summed E-state index contributed by atoms with van der Waals surface area (Å²) in [7, 11) is 0. The van der Waals surface area contributed by atoms with E-state index in [0.717, 1.165) is 38.8 Å². The molecule has 0 unspecified atom stereocenters. The fraction of sp³-hybridized carbons (Fsp3) is 0.452. The van der Waals surface area contributed by atoms with E-state index >= 15 is 0 Å². The van der Waals surface area contributed by atoms with Crippen molar-refractivity contribution in [1.29, 1.82) is 0 Å². The zero-order chi connectivity index (χ0) is 29.2. The Morgan fingerprint density at radius 1 is 0.833 bits per heavy atom.